The van der Waals surface area contributed by atoms with Crippen LogP contribution in [0.1, 0.15) is 35.6 Å². The van der Waals surface area contributed by atoms with E-state index in [-0.39, 0.29) is 16.7 Å². The Morgan fingerprint density at radius 1 is 1.58 bits per heavy atom. The lowest BCUT2D eigenvalue weighted by atomic mass is 10.0. The second-order valence-corrected chi connectivity index (χ2v) is 5.10. The minimum absolute atomic E-state index is 0.101. The van der Waals surface area contributed by atoms with E-state index < -0.39 is 5.97 Å². The van der Waals surface area contributed by atoms with Gasteiger partial charge in [-0.25, -0.2) is 4.79 Å². The molecule has 1 aliphatic heterocycles. The normalized spacial score (nSPS) is 23.1. The van der Waals surface area contributed by atoms with Crippen molar-refractivity contribution in [3.8, 4) is 0 Å². The van der Waals surface area contributed by atoms with E-state index in [0.717, 1.165) is 6.42 Å². The van der Waals surface area contributed by atoms with Crippen LogP contribution in [0.15, 0.2) is 12.3 Å². The lowest BCUT2D eigenvalue weighted by molar-refractivity contribution is 0.0695. The van der Waals surface area contributed by atoms with Gasteiger partial charge in [0.25, 0.3) is 0 Å². The zero-order valence-corrected chi connectivity index (χ0v) is 11.0. The van der Waals surface area contributed by atoms with Crippen LogP contribution < -0.4 is 0 Å². The molecular weight excluding hydrogens is 270 g/mol. The van der Waals surface area contributed by atoms with Gasteiger partial charge in [0.15, 0.2) is 11.5 Å². The van der Waals surface area contributed by atoms with Gasteiger partial charge < -0.3 is 9.84 Å². The zero-order chi connectivity index (χ0) is 13.6. The van der Waals surface area contributed by atoms with Crippen molar-refractivity contribution in [1.29, 1.82) is 0 Å². The van der Waals surface area contributed by atoms with E-state index in [2.05, 4.69) is 17.1 Å². The predicted octanol–water partition coefficient (Wildman–Crippen LogP) is 2.18. The molecule has 0 aliphatic carbocycles. The Kier molecular flexibility index (Phi) is 2.91. The molecule has 1 N–H and O–H groups in total. The summed E-state index contributed by atoms with van der Waals surface area (Å²) in [6.07, 6.45) is 2.26. The van der Waals surface area contributed by atoms with Crippen molar-refractivity contribution in [2.24, 2.45) is 5.92 Å². The number of fused-ring (bicyclic) bond motifs is 1. The molecule has 0 saturated carbocycles. The Morgan fingerprint density at radius 2 is 2.37 bits per heavy atom. The molecule has 3 rings (SSSR count). The molecule has 0 spiro atoms. The van der Waals surface area contributed by atoms with Gasteiger partial charge in [-0.1, -0.05) is 18.5 Å². The number of carboxylic acids is 1. The van der Waals surface area contributed by atoms with Crippen LogP contribution in [0.2, 0.25) is 5.02 Å². The maximum absolute atomic E-state index is 11.1. The molecule has 2 atom stereocenters. The summed E-state index contributed by atoms with van der Waals surface area (Å²) >= 11 is 6.04. The average Bonchev–Trinajstić information content (AvgIpc) is 2.94. The van der Waals surface area contributed by atoms with Gasteiger partial charge in [-0.15, -0.1) is 10.2 Å². The van der Waals surface area contributed by atoms with Gasteiger partial charge in [0.2, 0.25) is 0 Å². The van der Waals surface area contributed by atoms with Gasteiger partial charge in [0, 0.05) is 12.8 Å². The molecule has 0 bridgehead atoms. The summed E-state index contributed by atoms with van der Waals surface area (Å²) in [5.74, 6) is -0.117. The molecule has 0 aromatic carbocycles. The molecule has 1 saturated heterocycles. The number of hydrogen-bond acceptors (Lipinski definition) is 4. The van der Waals surface area contributed by atoms with Crippen molar-refractivity contribution in [3.63, 3.8) is 0 Å². The van der Waals surface area contributed by atoms with Gasteiger partial charge in [0.05, 0.1) is 10.6 Å². The van der Waals surface area contributed by atoms with E-state index in [4.69, 9.17) is 21.4 Å². The molecule has 0 amide bonds. The predicted molar refractivity (Wildman–Crippen MR) is 67.4 cm³/mol. The number of rotatable bonds is 2. The van der Waals surface area contributed by atoms with E-state index in [1.165, 1.54) is 12.3 Å². The van der Waals surface area contributed by atoms with Gasteiger partial charge in [0.1, 0.15) is 6.10 Å². The molecule has 0 radical (unpaired) electrons. The standard InChI is InChI=1S/C12H12ClN3O3/c1-6-2-3-19-9(6)11-15-14-10-8(13)4-7(12(17)18)5-16(10)11/h4-6,9H,2-3H2,1H3,(H,17,18). The fourth-order valence-electron chi connectivity index (χ4n) is 2.31. The largest absolute Gasteiger partial charge is 0.478 e. The first-order valence-corrected chi connectivity index (χ1v) is 6.35. The average molecular weight is 282 g/mol. The van der Waals surface area contributed by atoms with E-state index >= 15 is 0 Å². The maximum atomic E-state index is 11.1. The number of nitrogens with zero attached hydrogens (tertiary/aromatic N) is 3. The van der Waals surface area contributed by atoms with Gasteiger partial charge in [-0.3, -0.25) is 4.40 Å². The molecule has 6 nitrogen and oxygen atoms in total. The van der Waals surface area contributed by atoms with Crippen LogP contribution in [-0.2, 0) is 4.74 Å². The highest BCUT2D eigenvalue weighted by atomic mass is 35.5. The minimum atomic E-state index is -1.04. The van der Waals surface area contributed by atoms with Crippen LogP contribution in [0, 0.1) is 5.92 Å². The number of hydrogen-bond donors (Lipinski definition) is 1. The summed E-state index contributed by atoms with van der Waals surface area (Å²) in [4.78, 5) is 11.1. The number of halogens is 1. The third-order valence-electron chi connectivity index (χ3n) is 3.38. The maximum Gasteiger partial charge on any atom is 0.337 e. The number of carboxylic acid groups (broad SMARTS) is 1. The van der Waals surface area contributed by atoms with Crippen molar-refractivity contribution in [3.05, 3.63) is 28.7 Å². The molecule has 2 aromatic heterocycles. The quantitative estimate of drug-likeness (QED) is 0.913. The van der Waals surface area contributed by atoms with Crippen LogP contribution in [0.25, 0.3) is 5.65 Å². The molecular formula is C12H12ClN3O3. The highest BCUT2D eigenvalue weighted by molar-refractivity contribution is 6.33. The zero-order valence-electron chi connectivity index (χ0n) is 10.2. The molecule has 2 aromatic rings. The Bertz CT molecular complexity index is 655. The Morgan fingerprint density at radius 3 is 3.00 bits per heavy atom. The molecule has 100 valence electrons. The van der Waals surface area contributed by atoms with E-state index in [9.17, 15) is 4.79 Å². The second kappa shape index (κ2) is 4.47. The van der Waals surface area contributed by atoms with E-state index in [1.54, 1.807) is 4.40 Å². The lowest BCUT2D eigenvalue weighted by Crippen LogP contribution is -2.10. The number of aromatic carboxylic acids is 1. The Labute approximate surface area is 114 Å². The molecule has 3 heterocycles. The second-order valence-electron chi connectivity index (χ2n) is 4.69. The van der Waals surface area contributed by atoms with Gasteiger partial charge in [-0.05, 0) is 18.4 Å². The number of ether oxygens (including phenoxy) is 1. The SMILES string of the molecule is CC1CCOC1c1nnc2c(Cl)cc(C(=O)O)cn12. The van der Waals surface area contributed by atoms with Gasteiger partial charge >= 0.3 is 5.97 Å². The highest BCUT2D eigenvalue weighted by Crippen LogP contribution is 2.34. The lowest BCUT2D eigenvalue weighted by Gasteiger charge is -2.12. The minimum Gasteiger partial charge on any atom is -0.478 e. The third kappa shape index (κ3) is 1.97. The van der Waals surface area contributed by atoms with Crippen LogP contribution in [-0.4, -0.2) is 32.3 Å². The number of carbonyl (C=O) groups is 1. The Hall–Kier alpha value is -1.66. The molecule has 7 heteroatoms. The molecule has 1 fully saturated rings. The number of pyridine rings is 1. The summed E-state index contributed by atoms with van der Waals surface area (Å²) in [7, 11) is 0. The molecule has 1 aliphatic rings. The fraction of sp³-hybridized carbons (Fsp3) is 0.417. The highest BCUT2D eigenvalue weighted by Gasteiger charge is 2.30. The van der Waals surface area contributed by atoms with E-state index in [0.29, 0.717) is 24.0 Å². The summed E-state index contributed by atoms with van der Waals surface area (Å²) in [5, 5.41) is 17.4. The summed E-state index contributed by atoms with van der Waals surface area (Å²) < 4.78 is 7.25. The van der Waals surface area contributed by atoms with Crippen LogP contribution in [0.5, 0.6) is 0 Å². The van der Waals surface area contributed by atoms with Gasteiger partial charge in [-0.2, -0.15) is 0 Å². The first kappa shape index (κ1) is 12.4. The monoisotopic (exact) mass is 281 g/mol. The number of aromatic nitrogens is 3. The van der Waals surface area contributed by atoms with Crippen LogP contribution >= 0.6 is 11.6 Å². The van der Waals surface area contributed by atoms with Crippen molar-refractivity contribution < 1.29 is 14.6 Å². The topological polar surface area (TPSA) is 76.7 Å². The third-order valence-corrected chi connectivity index (χ3v) is 3.65. The van der Waals surface area contributed by atoms with Crippen molar-refractivity contribution in [1.82, 2.24) is 14.6 Å². The van der Waals surface area contributed by atoms with Crippen molar-refractivity contribution in [2.75, 3.05) is 6.61 Å². The first-order valence-electron chi connectivity index (χ1n) is 5.97. The smallest absolute Gasteiger partial charge is 0.337 e. The van der Waals surface area contributed by atoms with Crippen LogP contribution in [0.3, 0.4) is 0 Å². The summed E-state index contributed by atoms with van der Waals surface area (Å²) in [6.45, 7) is 2.74. The summed E-state index contributed by atoms with van der Waals surface area (Å²) in [5.41, 5.74) is 0.550. The van der Waals surface area contributed by atoms with E-state index in [1.807, 2.05) is 0 Å². The Balaban J connectivity index is 2.18. The first-order chi connectivity index (χ1) is 9.08. The molecule has 2 unspecified atom stereocenters. The van der Waals surface area contributed by atoms with Crippen LogP contribution in [0.4, 0.5) is 0 Å². The van der Waals surface area contributed by atoms with Crippen molar-refractivity contribution >= 4 is 23.2 Å². The fourth-order valence-corrected chi connectivity index (χ4v) is 2.55. The summed E-state index contributed by atoms with van der Waals surface area (Å²) in [6, 6.07) is 1.37. The van der Waals surface area contributed by atoms with Crippen molar-refractivity contribution in [2.45, 2.75) is 19.4 Å². The molecule has 19 heavy (non-hydrogen) atoms.